The molecule has 4 N–H and O–H groups in total. The van der Waals surface area contributed by atoms with Crippen LogP contribution in [0, 0.1) is 23.7 Å². The Balaban J connectivity index is 1.14. The summed E-state index contributed by atoms with van der Waals surface area (Å²) in [5.41, 5.74) is 4.27. The van der Waals surface area contributed by atoms with Gasteiger partial charge in [-0.05, 0) is 66.5 Å². The summed E-state index contributed by atoms with van der Waals surface area (Å²) in [5, 5.41) is 7.41. The molecule has 6 rings (SSSR count). The number of methoxy groups -OCH3 is 2. The van der Waals surface area contributed by atoms with E-state index < -0.39 is 30.3 Å². The topological polar surface area (TPSA) is 175 Å². The van der Waals surface area contributed by atoms with Crippen molar-refractivity contribution >= 4 is 34.8 Å². The van der Waals surface area contributed by atoms with E-state index in [-0.39, 0.29) is 29.7 Å². The number of aromatic nitrogens is 4. The molecule has 2 aliphatic heterocycles. The first-order valence-corrected chi connectivity index (χ1v) is 18.5. The van der Waals surface area contributed by atoms with E-state index in [2.05, 4.69) is 48.5 Å². The van der Waals surface area contributed by atoms with Crippen LogP contribution in [0.5, 0.6) is 0 Å². The van der Waals surface area contributed by atoms with Crippen molar-refractivity contribution in [3.8, 4) is 23.1 Å². The highest BCUT2D eigenvalue weighted by molar-refractivity contribution is 5.89. The van der Waals surface area contributed by atoms with Crippen molar-refractivity contribution in [3.63, 3.8) is 0 Å². The van der Waals surface area contributed by atoms with Crippen molar-refractivity contribution in [1.82, 2.24) is 40.4 Å². The number of hydrogen-bond donors (Lipinski definition) is 4. The van der Waals surface area contributed by atoms with Crippen molar-refractivity contribution in [1.29, 1.82) is 0 Å². The van der Waals surface area contributed by atoms with E-state index in [9.17, 15) is 19.2 Å². The second kappa shape index (κ2) is 16.5. The van der Waals surface area contributed by atoms with E-state index in [0.29, 0.717) is 30.4 Å². The first kappa shape index (κ1) is 38.6. The standard InChI is InChI=1S/C41H48N8O6/c1-23(2)34(46-40(52)54-6)38(50)48-16-8-9-32(48)36-43-21-31(45-36)29-14-13-27-18-26(10-12-28(27)19-29)11-15-30-20-42-37(44-30)33-17-25(5)22-49(33)39(51)35(24(3)4)47-41(53)55-7/h10,12-14,17-21,23-24,32-35H,8-9,16,22H2,1-7H3,(H,42,44)(H,43,45)(H,46,52)(H,47,53)/t32-,33-,34-,35-/m0/s1. The number of likely N-dealkylation sites (tertiary alicyclic amines) is 1. The van der Waals surface area contributed by atoms with E-state index >= 15 is 0 Å². The number of benzene rings is 2. The highest BCUT2D eigenvalue weighted by Gasteiger charge is 2.38. The molecule has 14 nitrogen and oxygen atoms in total. The number of fused-ring (bicyclic) bond motifs is 1. The van der Waals surface area contributed by atoms with Crippen molar-refractivity contribution in [3.05, 3.63) is 83.3 Å². The normalized spacial score (nSPS) is 17.8. The number of amides is 4. The van der Waals surface area contributed by atoms with Crippen LogP contribution in [-0.4, -0.2) is 93.1 Å². The van der Waals surface area contributed by atoms with Crippen LogP contribution >= 0.6 is 0 Å². The quantitative estimate of drug-likeness (QED) is 0.126. The second-order valence-electron chi connectivity index (χ2n) is 14.7. The van der Waals surface area contributed by atoms with Crippen LogP contribution in [0.1, 0.15) is 82.5 Å². The molecule has 288 valence electrons. The minimum absolute atomic E-state index is 0.112. The molecule has 14 heteroatoms. The van der Waals surface area contributed by atoms with Crippen LogP contribution in [0.15, 0.2) is 60.4 Å². The number of nitrogens with one attached hydrogen (secondary N) is 4. The lowest BCUT2D eigenvalue weighted by molar-refractivity contribution is -0.136. The monoisotopic (exact) mass is 748 g/mol. The van der Waals surface area contributed by atoms with E-state index in [4.69, 9.17) is 9.47 Å². The van der Waals surface area contributed by atoms with Crippen molar-refractivity contribution in [2.24, 2.45) is 11.8 Å². The summed E-state index contributed by atoms with van der Waals surface area (Å²) in [6.45, 7) is 10.5. The van der Waals surface area contributed by atoms with E-state index in [0.717, 1.165) is 46.0 Å². The Labute approximate surface area is 320 Å². The summed E-state index contributed by atoms with van der Waals surface area (Å²) in [4.78, 5) is 70.5. The Kier molecular flexibility index (Phi) is 11.6. The number of rotatable bonds is 9. The number of alkyl carbamates (subject to hydrolysis) is 2. The molecule has 4 atom stereocenters. The lowest BCUT2D eigenvalue weighted by atomic mass is 10.0. The summed E-state index contributed by atoms with van der Waals surface area (Å²) >= 11 is 0. The SMILES string of the molecule is COC(=O)N[C@H](C(=O)N1CC(C)=C[C@H]1c1ncc(C#Cc2ccc3cc(-c4cnc([C@@H]5CCCN5C(=O)[C@@H](NC(=O)OC)C(C)C)[nH]4)ccc3c2)[nH]1)C(C)C. The zero-order valence-electron chi connectivity index (χ0n) is 32.2. The molecule has 0 saturated carbocycles. The van der Waals surface area contributed by atoms with Crippen LogP contribution in [0.3, 0.4) is 0 Å². The number of imidazole rings is 2. The molecular formula is C41H48N8O6. The number of carbonyl (C=O) groups excluding carboxylic acids is 4. The van der Waals surface area contributed by atoms with Gasteiger partial charge in [-0.1, -0.05) is 63.5 Å². The van der Waals surface area contributed by atoms with Gasteiger partial charge in [0.2, 0.25) is 11.8 Å². The Bertz CT molecular complexity index is 2170. The molecule has 2 aromatic heterocycles. The molecule has 55 heavy (non-hydrogen) atoms. The number of hydrogen-bond acceptors (Lipinski definition) is 8. The van der Waals surface area contributed by atoms with Gasteiger partial charge in [-0.2, -0.15) is 0 Å². The van der Waals surface area contributed by atoms with Crippen LogP contribution in [-0.2, 0) is 19.1 Å². The van der Waals surface area contributed by atoms with Gasteiger partial charge in [0.05, 0.1) is 38.3 Å². The molecule has 0 bridgehead atoms. The molecule has 4 amide bonds. The number of nitrogens with zero attached hydrogens (tertiary/aromatic N) is 4. The highest BCUT2D eigenvalue weighted by atomic mass is 16.5. The maximum Gasteiger partial charge on any atom is 0.407 e. The number of aromatic amines is 2. The summed E-state index contributed by atoms with van der Waals surface area (Å²) in [6, 6.07) is 10.1. The molecule has 0 aliphatic carbocycles. The molecule has 0 unspecified atom stereocenters. The number of H-pyrrole nitrogens is 2. The minimum atomic E-state index is -0.744. The van der Waals surface area contributed by atoms with Gasteiger partial charge in [-0.25, -0.2) is 19.6 Å². The average molecular weight is 749 g/mol. The van der Waals surface area contributed by atoms with Crippen molar-refractivity contribution in [2.45, 2.75) is 71.6 Å². The molecule has 0 spiro atoms. The van der Waals surface area contributed by atoms with Crippen LogP contribution < -0.4 is 10.6 Å². The first-order valence-electron chi connectivity index (χ1n) is 18.5. The molecule has 1 saturated heterocycles. The largest absolute Gasteiger partial charge is 0.453 e. The van der Waals surface area contributed by atoms with E-state index in [1.165, 1.54) is 14.2 Å². The molecular weight excluding hydrogens is 701 g/mol. The zero-order chi connectivity index (χ0) is 39.4. The van der Waals surface area contributed by atoms with Gasteiger partial charge in [0.25, 0.3) is 0 Å². The average Bonchev–Trinajstić information content (AvgIpc) is 4.00. The fraction of sp³-hybridized carbons (Fsp3) is 0.415. The predicted octanol–water partition coefficient (Wildman–Crippen LogP) is 5.61. The van der Waals surface area contributed by atoms with E-state index in [1.807, 2.05) is 71.0 Å². The molecule has 4 heterocycles. The molecule has 1 fully saturated rings. The van der Waals surface area contributed by atoms with Crippen molar-refractivity contribution in [2.75, 3.05) is 27.3 Å². The minimum Gasteiger partial charge on any atom is -0.453 e. The third-order valence-electron chi connectivity index (χ3n) is 10.1. The van der Waals surface area contributed by atoms with Gasteiger partial charge in [0, 0.05) is 24.2 Å². The lowest BCUT2D eigenvalue weighted by Gasteiger charge is -2.30. The maximum absolute atomic E-state index is 13.6. The van der Waals surface area contributed by atoms with Gasteiger partial charge in [0.1, 0.15) is 35.5 Å². The van der Waals surface area contributed by atoms with Gasteiger partial charge >= 0.3 is 12.2 Å². The number of ether oxygens (including phenoxy) is 2. The Morgan fingerprint density at radius 3 is 2.13 bits per heavy atom. The first-order chi connectivity index (χ1) is 26.4. The Morgan fingerprint density at radius 2 is 1.45 bits per heavy atom. The molecule has 0 radical (unpaired) electrons. The number of carbonyl (C=O) groups is 4. The summed E-state index contributed by atoms with van der Waals surface area (Å²) in [6.07, 6.45) is 5.77. The maximum atomic E-state index is 13.6. The van der Waals surface area contributed by atoms with E-state index in [1.54, 1.807) is 22.2 Å². The smallest absolute Gasteiger partial charge is 0.407 e. The molecule has 2 aromatic carbocycles. The summed E-state index contributed by atoms with van der Waals surface area (Å²) in [7, 11) is 2.56. The second-order valence-corrected chi connectivity index (χ2v) is 14.7. The molecule has 4 aromatic rings. The van der Waals surface area contributed by atoms with Gasteiger partial charge in [-0.15, -0.1) is 0 Å². The van der Waals surface area contributed by atoms with Crippen LogP contribution in [0.25, 0.3) is 22.0 Å². The highest BCUT2D eigenvalue weighted by Crippen LogP contribution is 2.34. The van der Waals surface area contributed by atoms with Gasteiger partial charge < -0.3 is 39.9 Å². The summed E-state index contributed by atoms with van der Waals surface area (Å²) < 4.78 is 9.50. The summed E-state index contributed by atoms with van der Waals surface area (Å²) in [5.74, 6) is 7.07. The van der Waals surface area contributed by atoms with Gasteiger partial charge in [0.15, 0.2) is 0 Å². The zero-order valence-corrected chi connectivity index (χ0v) is 32.2. The fourth-order valence-corrected chi connectivity index (χ4v) is 7.13. The lowest BCUT2D eigenvalue weighted by Crippen LogP contribution is -2.51. The van der Waals surface area contributed by atoms with Crippen LogP contribution in [0.2, 0.25) is 0 Å². The van der Waals surface area contributed by atoms with Crippen LogP contribution in [0.4, 0.5) is 9.59 Å². The Hall–Kier alpha value is -6.10. The van der Waals surface area contributed by atoms with Crippen molar-refractivity contribution < 1.29 is 28.7 Å². The molecule has 2 aliphatic rings. The third-order valence-corrected chi connectivity index (χ3v) is 10.1. The predicted molar refractivity (Wildman–Crippen MR) is 206 cm³/mol. The fourth-order valence-electron chi connectivity index (χ4n) is 7.13. The Morgan fingerprint density at radius 1 is 0.818 bits per heavy atom. The van der Waals surface area contributed by atoms with Gasteiger partial charge in [-0.3, -0.25) is 9.59 Å². The third kappa shape index (κ3) is 8.51.